The zero-order valence-corrected chi connectivity index (χ0v) is 25.9. The van der Waals surface area contributed by atoms with E-state index in [4.69, 9.17) is 4.74 Å². The van der Waals surface area contributed by atoms with Crippen LogP contribution in [0, 0.1) is 17.0 Å². The molecule has 1 atom stereocenters. The van der Waals surface area contributed by atoms with Crippen LogP contribution < -0.4 is 20.5 Å². The summed E-state index contributed by atoms with van der Waals surface area (Å²) in [6.07, 6.45) is 3.52. The lowest BCUT2D eigenvalue weighted by Gasteiger charge is -2.24. The number of thioether (sulfide) groups is 1. The first-order chi connectivity index (χ1) is 20.6. The van der Waals surface area contributed by atoms with Gasteiger partial charge in [0, 0.05) is 33.7 Å². The fourth-order valence-electron chi connectivity index (χ4n) is 4.59. The molecule has 0 aliphatic carbocycles. The van der Waals surface area contributed by atoms with Crippen LogP contribution in [0.1, 0.15) is 36.7 Å². The SMILES string of the molecule is CCOC(=O)C1=C(C)N=c2s/c(=C/c3cc([N+](=O)[O-])ccc3Sc3nc(C)cc(=O)[nH]3)c(=O)n2[C@H]1c1ccc(SC)cc1. The molecule has 1 aliphatic rings. The molecule has 0 saturated heterocycles. The summed E-state index contributed by atoms with van der Waals surface area (Å²) in [5, 5.41) is 11.9. The van der Waals surface area contributed by atoms with Crippen molar-refractivity contribution in [2.45, 2.75) is 41.8 Å². The maximum absolute atomic E-state index is 14.0. The van der Waals surface area contributed by atoms with Crippen LogP contribution in [0.3, 0.4) is 0 Å². The van der Waals surface area contributed by atoms with Crippen LogP contribution in [0.4, 0.5) is 5.69 Å². The van der Waals surface area contributed by atoms with Gasteiger partial charge >= 0.3 is 5.97 Å². The van der Waals surface area contributed by atoms with E-state index in [1.807, 2.05) is 30.5 Å². The van der Waals surface area contributed by atoms with Crippen molar-refractivity contribution in [2.75, 3.05) is 12.9 Å². The predicted molar refractivity (Wildman–Crippen MR) is 165 cm³/mol. The van der Waals surface area contributed by atoms with Crippen molar-refractivity contribution in [2.24, 2.45) is 4.99 Å². The molecule has 0 bridgehead atoms. The molecule has 4 aromatic rings. The number of rotatable bonds is 8. The number of fused-ring (bicyclic) bond motifs is 1. The van der Waals surface area contributed by atoms with Gasteiger partial charge in [-0.05, 0) is 62.4 Å². The van der Waals surface area contributed by atoms with Gasteiger partial charge in [0.05, 0.1) is 33.4 Å². The van der Waals surface area contributed by atoms with E-state index in [1.165, 1.54) is 22.8 Å². The number of aromatic amines is 1. The third-order valence-electron chi connectivity index (χ3n) is 6.49. The molecule has 1 aliphatic heterocycles. The number of nitro benzene ring substituents is 1. The highest BCUT2D eigenvalue weighted by atomic mass is 32.2. The Hall–Kier alpha value is -4.27. The fraction of sp³-hybridized carbons (Fsp3) is 0.207. The molecule has 0 fully saturated rings. The summed E-state index contributed by atoms with van der Waals surface area (Å²) in [7, 11) is 0. The third kappa shape index (κ3) is 6.26. The third-order valence-corrected chi connectivity index (χ3v) is 9.20. The minimum absolute atomic E-state index is 0.159. The smallest absolute Gasteiger partial charge is 0.338 e. The van der Waals surface area contributed by atoms with Gasteiger partial charge in [-0.25, -0.2) is 14.8 Å². The second-order valence-corrected chi connectivity index (χ2v) is 12.3. The van der Waals surface area contributed by atoms with E-state index in [2.05, 4.69) is 15.0 Å². The molecule has 3 heterocycles. The van der Waals surface area contributed by atoms with Crippen molar-refractivity contribution < 1.29 is 14.5 Å². The number of hydrogen-bond acceptors (Lipinski definition) is 11. The molecule has 1 N–H and O–H groups in total. The maximum Gasteiger partial charge on any atom is 0.338 e. The number of aromatic nitrogens is 3. The van der Waals surface area contributed by atoms with Gasteiger partial charge in [-0.1, -0.05) is 35.2 Å². The monoisotopic (exact) mass is 635 g/mol. The Labute approximate surface area is 257 Å². The summed E-state index contributed by atoms with van der Waals surface area (Å²) in [4.78, 5) is 63.8. The Balaban J connectivity index is 1.70. The van der Waals surface area contributed by atoms with Crippen LogP contribution >= 0.6 is 34.9 Å². The Bertz CT molecular complexity index is 2030. The van der Waals surface area contributed by atoms with E-state index in [1.54, 1.807) is 44.7 Å². The number of allylic oxidation sites excluding steroid dienone is 1. The summed E-state index contributed by atoms with van der Waals surface area (Å²) in [5.74, 6) is -0.561. The number of H-pyrrole nitrogens is 1. The Morgan fingerprint density at radius 2 is 1.93 bits per heavy atom. The minimum Gasteiger partial charge on any atom is -0.463 e. The van der Waals surface area contributed by atoms with Crippen molar-refractivity contribution in [1.29, 1.82) is 0 Å². The normalized spacial score (nSPS) is 14.8. The molecule has 11 nitrogen and oxygen atoms in total. The highest BCUT2D eigenvalue weighted by molar-refractivity contribution is 7.99. The zero-order valence-electron chi connectivity index (χ0n) is 23.4. The molecule has 0 radical (unpaired) electrons. The second-order valence-electron chi connectivity index (χ2n) is 9.35. The topological polar surface area (TPSA) is 150 Å². The molecular formula is C29H25N5O6S3. The molecule has 14 heteroatoms. The van der Waals surface area contributed by atoms with E-state index in [9.17, 15) is 24.5 Å². The quantitative estimate of drug-likeness (QED) is 0.0998. The fourth-order valence-corrected chi connectivity index (χ4v) is 6.96. The molecule has 0 spiro atoms. The van der Waals surface area contributed by atoms with Crippen LogP contribution in [0.2, 0.25) is 0 Å². The van der Waals surface area contributed by atoms with Gasteiger partial charge in [0.25, 0.3) is 16.8 Å². The molecule has 0 amide bonds. The molecule has 2 aromatic heterocycles. The average molecular weight is 636 g/mol. The van der Waals surface area contributed by atoms with E-state index in [-0.39, 0.29) is 28.0 Å². The summed E-state index contributed by atoms with van der Waals surface area (Å²) >= 11 is 3.80. The number of non-ortho nitro benzene ring substituents is 1. The summed E-state index contributed by atoms with van der Waals surface area (Å²) in [6.45, 7) is 5.26. The van der Waals surface area contributed by atoms with Crippen LogP contribution in [0.15, 0.2) is 89.3 Å². The summed E-state index contributed by atoms with van der Waals surface area (Å²) < 4.78 is 7.08. The standard InChI is InChI=1S/C29H25N5O6S3/c1-5-40-27(37)24-16(3)31-29-33(25(24)17-6-9-20(41-4)10-7-17)26(36)22(43-29)14-18-13-19(34(38)39)8-11-21(18)42-28-30-15(2)12-23(35)32-28/h6-14,25H,5H2,1-4H3,(H,30,32,35)/b22-14+/t25-/m0/s1. The number of esters is 1. The molecule has 220 valence electrons. The highest BCUT2D eigenvalue weighted by Gasteiger charge is 2.33. The Kier molecular flexibility index (Phi) is 8.80. The first kappa shape index (κ1) is 30.2. The van der Waals surface area contributed by atoms with Crippen LogP contribution in [-0.2, 0) is 9.53 Å². The zero-order chi connectivity index (χ0) is 30.8. The average Bonchev–Trinajstić information content (AvgIpc) is 3.26. The van der Waals surface area contributed by atoms with E-state index in [0.29, 0.717) is 37.4 Å². The van der Waals surface area contributed by atoms with Crippen molar-refractivity contribution in [1.82, 2.24) is 14.5 Å². The van der Waals surface area contributed by atoms with Crippen molar-refractivity contribution >= 4 is 52.6 Å². The summed E-state index contributed by atoms with van der Waals surface area (Å²) in [6, 6.07) is 12.4. The number of thiazole rings is 1. The van der Waals surface area contributed by atoms with Gasteiger partial charge in [-0.15, -0.1) is 11.8 Å². The lowest BCUT2D eigenvalue weighted by molar-refractivity contribution is -0.384. The lowest BCUT2D eigenvalue weighted by atomic mass is 9.96. The molecule has 0 saturated carbocycles. The van der Waals surface area contributed by atoms with Gasteiger partial charge < -0.3 is 9.72 Å². The van der Waals surface area contributed by atoms with Gasteiger partial charge in [-0.2, -0.15) is 0 Å². The molecule has 2 aromatic carbocycles. The minimum atomic E-state index is -0.783. The van der Waals surface area contributed by atoms with Crippen molar-refractivity contribution in [3.63, 3.8) is 0 Å². The molecule has 0 unspecified atom stereocenters. The number of carbonyl (C=O) groups excluding carboxylic acids is 1. The van der Waals surface area contributed by atoms with Crippen LogP contribution in [0.25, 0.3) is 6.08 Å². The second kappa shape index (κ2) is 12.5. The maximum atomic E-state index is 14.0. The molecule has 5 rings (SSSR count). The van der Waals surface area contributed by atoms with Crippen LogP contribution in [-0.4, -0.2) is 38.3 Å². The molecular weight excluding hydrogens is 611 g/mol. The van der Waals surface area contributed by atoms with Gasteiger partial charge in [-0.3, -0.25) is 24.3 Å². The van der Waals surface area contributed by atoms with E-state index < -0.39 is 22.5 Å². The highest BCUT2D eigenvalue weighted by Crippen LogP contribution is 2.33. The number of ether oxygens (including phenoxy) is 1. The largest absolute Gasteiger partial charge is 0.463 e. The number of nitro groups is 1. The van der Waals surface area contributed by atoms with Gasteiger partial charge in [0.2, 0.25) is 0 Å². The van der Waals surface area contributed by atoms with Crippen molar-refractivity contribution in [3.8, 4) is 0 Å². The Morgan fingerprint density at radius 1 is 1.19 bits per heavy atom. The Morgan fingerprint density at radius 3 is 2.58 bits per heavy atom. The number of nitrogens with one attached hydrogen (secondary N) is 1. The first-order valence-corrected chi connectivity index (χ1v) is 15.8. The number of hydrogen-bond donors (Lipinski definition) is 1. The van der Waals surface area contributed by atoms with Crippen molar-refractivity contribution in [3.05, 3.63) is 117 Å². The summed E-state index contributed by atoms with van der Waals surface area (Å²) in [5.41, 5.74) is 1.40. The number of aryl methyl sites for hydroxylation is 1. The number of nitrogens with zero attached hydrogens (tertiary/aromatic N) is 4. The lowest BCUT2D eigenvalue weighted by Crippen LogP contribution is -2.39. The van der Waals surface area contributed by atoms with Crippen LogP contribution in [0.5, 0.6) is 0 Å². The molecule has 43 heavy (non-hydrogen) atoms. The van der Waals surface area contributed by atoms with Gasteiger partial charge in [0.15, 0.2) is 9.96 Å². The van der Waals surface area contributed by atoms with E-state index >= 15 is 0 Å². The van der Waals surface area contributed by atoms with Gasteiger partial charge in [0.1, 0.15) is 0 Å². The number of benzene rings is 2. The first-order valence-electron chi connectivity index (χ1n) is 13.0. The van der Waals surface area contributed by atoms with E-state index in [0.717, 1.165) is 28.0 Å². The number of carbonyl (C=O) groups is 1. The predicted octanol–water partition coefficient (Wildman–Crippen LogP) is 3.97.